The van der Waals surface area contributed by atoms with Crippen molar-refractivity contribution in [2.24, 2.45) is 0 Å². The van der Waals surface area contributed by atoms with E-state index in [9.17, 15) is 14.7 Å². The lowest BCUT2D eigenvalue weighted by Crippen LogP contribution is -2.44. The van der Waals surface area contributed by atoms with Gasteiger partial charge in [0, 0.05) is 13.0 Å². The zero-order valence-corrected chi connectivity index (χ0v) is 14.4. The van der Waals surface area contributed by atoms with E-state index < -0.39 is 23.7 Å². The predicted molar refractivity (Wildman–Crippen MR) is 88.3 cm³/mol. The minimum absolute atomic E-state index is 0.205. The molecule has 0 saturated heterocycles. The molecule has 0 bridgehead atoms. The molecule has 0 heterocycles. The topological polar surface area (TPSA) is 78.9 Å². The van der Waals surface area contributed by atoms with Crippen LogP contribution in [0.1, 0.15) is 31.9 Å². The number of amides is 1. The van der Waals surface area contributed by atoms with Gasteiger partial charge >= 0.3 is 12.1 Å². The number of nitrogens with one attached hydrogen (secondary N) is 1. The fourth-order valence-electron chi connectivity index (χ4n) is 2.03. The van der Waals surface area contributed by atoms with E-state index in [1.807, 2.05) is 38.4 Å². The standard InChI is InChI=1S/C17H26N2O4/c1-17(2,3)23-16(22)18-14(15(20)21)10-12-6-8-13(9-7-12)11-19(4)5/h6-9,14H,10-11H2,1-5H3,(H,18,22)(H,20,21). The van der Waals surface area contributed by atoms with Gasteiger partial charge in [0.15, 0.2) is 0 Å². The minimum atomic E-state index is -1.09. The second-order valence-corrected chi connectivity index (χ2v) is 6.80. The lowest BCUT2D eigenvalue weighted by Gasteiger charge is -2.22. The van der Waals surface area contributed by atoms with E-state index in [-0.39, 0.29) is 6.42 Å². The highest BCUT2D eigenvalue weighted by Gasteiger charge is 2.24. The predicted octanol–water partition coefficient (Wildman–Crippen LogP) is 2.27. The molecule has 1 rings (SSSR count). The van der Waals surface area contributed by atoms with E-state index in [0.29, 0.717) is 0 Å². The summed E-state index contributed by atoms with van der Waals surface area (Å²) in [5.74, 6) is -1.09. The van der Waals surface area contributed by atoms with Crippen molar-refractivity contribution >= 4 is 12.1 Å². The van der Waals surface area contributed by atoms with Gasteiger partial charge < -0.3 is 20.1 Å². The largest absolute Gasteiger partial charge is 0.480 e. The molecule has 0 aliphatic rings. The van der Waals surface area contributed by atoms with Crippen molar-refractivity contribution in [1.82, 2.24) is 10.2 Å². The number of hydrogen-bond donors (Lipinski definition) is 2. The van der Waals surface area contributed by atoms with Gasteiger partial charge in [0.25, 0.3) is 0 Å². The molecule has 0 aromatic heterocycles. The van der Waals surface area contributed by atoms with Crippen LogP contribution in [0, 0.1) is 0 Å². The number of carbonyl (C=O) groups excluding carboxylic acids is 1. The molecule has 23 heavy (non-hydrogen) atoms. The maximum absolute atomic E-state index is 11.7. The summed E-state index contributed by atoms with van der Waals surface area (Å²) in [6, 6.07) is 6.66. The molecule has 0 saturated carbocycles. The zero-order chi connectivity index (χ0) is 17.6. The van der Waals surface area contributed by atoms with E-state index in [1.165, 1.54) is 0 Å². The third-order valence-electron chi connectivity index (χ3n) is 2.95. The first-order valence-corrected chi connectivity index (χ1v) is 7.51. The Morgan fingerprint density at radius 1 is 1.17 bits per heavy atom. The second-order valence-electron chi connectivity index (χ2n) is 6.80. The molecule has 1 amide bonds. The first kappa shape index (κ1) is 19.0. The average Bonchev–Trinajstić information content (AvgIpc) is 2.37. The van der Waals surface area contributed by atoms with Crippen LogP contribution in [0.15, 0.2) is 24.3 Å². The lowest BCUT2D eigenvalue weighted by molar-refractivity contribution is -0.139. The van der Waals surface area contributed by atoms with Gasteiger partial charge in [-0.15, -0.1) is 0 Å². The first-order valence-electron chi connectivity index (χ1n) is 7.51. The van der Waals surface area contributed by atoms with E-state index in [0.717, 1.165) is 17.7 Å². The van der Waals surface area contributed by atoms with Gasteiger partial charge in [-0.05, 0) is 46.0 Å². The van der Waals surface area contributed by atoms with Gasteiger partial charge in [-0.1, -0.05) is 24.3 Å². The number of carboxylic acid groups (broad SMARTS) is 1. The number of hydrogen-bond acceptors (Lipinski definition) is 4. The highest BCUT2D eigenvalue weighted by atomic mass is 16.6. The number of carboxylic acids is 1. The monoisotopic (exact) mass is 322 g/mol. The molecule has 6 nitrogen and oxygen atoms in total. The van der Waals surface area contributed by atoms with Crippen LogP contribution in [-0.2, 0) is 22.5 Å². The highest BCUT2D eigenvalue weighted by Crippen LogP contribution is 2.10. The summed E-state index contributed by atoms with van der Waals surface area (Å²) in [4.78, 5) is 25.1. The Kier molecular flexibility index (Phi) is 6.57. The van der Waals surface area contributed by atoms with Crippen molar-refractivity contribution in [3.8, 4) is 0 Å². The summed E-state index contributed by atoms with van der Waals surface area (Å²) in [6.07, 6.45) is -0.522. The maximum atomic E-state index is 11.7. The number of rotatable bonds is 6. The molecule has 0 aliphatic carbocycles. The second kappa shape index (κ2) is 7.97. The summed E-state index contributed by atoms with van der Waals surface area (Å²) in [6.45, 7) is 6.00. The van der Waals surface area contributed by atoms with Crippen molar-refractivity contribution < 1.29 is 19.4 Å². The summed E-state index contributed by atoms with van der Waals surface area (Å²) >= 11 is 0. The molecule has 0 aliphatic heterocycles. The summed E-state index contributed by atoms with van der Waals surface area (Å²) < 4.78 is 5.10. The Labute approximate surface area is 137 Å². The van der Waals surface area contributed by atoms with Gasteiger partial charge in [-0.25, -0.2) is 9.59 Å². The van der Waals surface area contributed by atoms with Crippen molar-refractivity contribution in [2.45, 2.75) is 45.4 Å². The maximum Gasteiger partial charge on any atom is 0.408 e. The molecule has 1 atom stereocenters. The summed E-state index contributed by atoms with van der Waals surface area (Å²) in [5, 5.41) is 11.7. The number of nitrogens with zero attached hydrogens (tertiary/aromatic N) is 1. The zero-order valence-electron chi connectivity index (χ0n) is 14.4. The number of benzene rings is 1. The fourth-order valence-corrected chi connectivity index (χ4v) is 2.03. The number of alkyl carbamates (subject to hydrolysis) is 1. The Morgan fingerprint density at radius 2 is 1.70 bits per heavy atom. The van der Waals surface area contributed by atoms with Gasteiger partial charge in [0.05, 0.1) is 0 Å². The summed E-state index contributed by atoms with van der Waals surface area (Å²) in [5.41, 5.74) is 1.32. The molecular formula is C17H26N2O4. The molecule has 128 valence electrons. The lowest BCUT2D eigenvalue weighted by atomic mass is 10.0. The van der Waals surface area contributed by atoms with Crippen LogP contribution >= 0.6 is 0 Å². The molecule has 0 spiro atoms. The number of aliphatic carboxylic acids is 1. The van der Waals surface area contributed by atoms with Crippen LogP contribution in [0.4, 0.5) is 4.79 Å². The van der Waals surface area contributed by atoms with Crippen LogP contribution in [0.25, 0.3) is 0 Å². The normalized spacial score (nSPS) is 12.8. The van der Waals surface area contributed by atoms with Crippen LogP contribution in [0.2, 0.25) is 0 Å². The molecule has 0 radical (unpaired) electrons. The van der Waals surface area contributed by atoms with Crippen molar-refractivity contribution in [3.05, 3.63) is 35.4 Å². The van der Waals surface area contributed by atoms with Crippen LogP contribution in [0.5, 0.6) is 0 Å². The summed E-state index contributed by atoms with van der Waals surface area (Å²) in [7, 11) is 3.97. The SMILES string of the molecule is CN(C)Cc1ccc(CC(NC(=O)OC(C)(C)C)C(=O)O)cc1. The quantitative estimate of drug-likeness (QED) is 0.840. The van der Waals surface area contributed by atoms with Crippen molar-refractivity contribution in [2.75, 3.05) is 14.1 Å². The van der Waals surface area contributed by atoms with E-state index in [4.69, 9.17) is 4.74 Å². The Balaban J connectivity index is 2.69. The van der Waals surface area contributed by atoms with Crippen LogP contribution in [0.3, 0.4) is 0 Å². The van der Waals surface area contributed by atoms with E-state index in [2.05, 4.69) is 10.2 Å². The molecule has 1 aromatic rings. The third kappa shape index (κ3) is 7.65. The molecule has 0 fully saturated rings. The highest BCUT2D eigenvalue weighted by molar-refractivity contribution is 5.80. The molecule has 2 N–H and O–H groups in total. The van der Waals surface area contributed by atoms with Crippen molar-refractivity contribution in [1.29, 1.82) is 0 Å². The van der Waals surface area contributed by atoms with Crippen LogP contribution < -0.4 is 5.32 Å². The van der Waals surface area contributed by atoms with E-state index >= 15 is 0 Å². The molecule has 1 unspecified atom stereocenters. The smallest absolute Gasteiger partial charge is 0.408 e. The van der Waals surface area contributed by atoms with Gasteiger partial charge in [-0.2, -0.15) is 0 Å². The Bertz CT molecular complexity index is 533. The minimum Gasteiger partial charge on any atom is -0.480 e. The average molecular weight is 322 g/mol. The number of ether oxygens (including phenoxy) is 1. The van der Waals surface area contributed by atoms with Crippen LogP contribution in [-0.4, -0.2) is 47.8 Å². The Morgan fingerprint density at radius 3 is 2.13 bits per heavy atom. The fraction of sp³-hybridized carbons (Fsp3) is 0.529. The van der Waals surface area contributed by atoms with Gasteiger partial charge in [0.1, 0.15) is 11.6 Å². The molecular weight excluding hydrogens is 296 g/mol. The first-order chi connectivity index (χ1) is 10.6. The van der Waals surface area contributed by atoms with Gasteiger partial charge in [0.2, 0.25) is 0 Å². The molecule has 6 heteroatoms. The molecule has 1 aromatic carbocycles. The van der Waals surface area contributed by atoms with Crippen molar-refractivity contribution in [3.63, 3.8) is 0 Å². The number of carbonyl (C=O) groups is 2. The Hall–Kier alpha value is -2.08. The third-order valence-corrected chi connectivity index (χ3v) is 2.95. The van der Waals surface area contributed by atoms with E-state index in [1.54, 1.807) is 20.8 Å². The van der Waals surface area contributed by atoms with Gasteiger partial charge in [-0.3, -0.25) is 0 Å².